The van der Waals surface area contributed by atoms with Crippen molar-refractivity contribution in [1.29, 1.82) is 0 Å². The Labute approximate surface area is 166 Å². The number of nitrogens with zero attached hydrogens (tertiary/aromatic N) is 3. The van der Waals surface area contributed by atoms with Crippen molar-refractivity contribution < 1.29 is 9.59 Å². The van der Waals surface area contributed by atoms with Crippen LogP contribution >= 0.6 is 34.8 Å². The molecular formula is C17H17Cl3N4O2. The van der Waals surface area contributed by atoms with E-state index < -0.39 is 0 Å². The molecule has 9 heteroatoms. The lowest BCUT2D eigenvalue weighted by molar-refractivity contribution is -0.121. The molecule has 2 aromatic rings. The molecule has 1 fully saturated rings. The van der Waals surface area contributed by atoms with E-state index in [1.807, 2.05) is 0 Å². The Hall–Kier alpha value is -1.76. The Bertz CT molecular complexity index is 835. The van der Waals surface area contributed by atoms with Gasteiger partial charge in [0.1, 0.15) is 16.7 Å². The molecule has 0 aliphatic carbocycles. The molecule has 3 rings (SSSR count). The van der Waals surface area contributed by atoms with E-state index >= 15 is 0 Å². The van der Waals surface area contributed by atoms with Crippen molar-refractivity contribution in [1.82, 2.24) is 14.5 Å². The molecule has 2 aromatic heterocycles. The number of amides is 2. The number of pyridine rings is 1. The van der Waals surface area contributed by atoms with E-state index in [1.54, 1.807) is 34.7 Å². The van der Waals surface area contributed by atoms with Crippen LogP contribution in [0.2, 0.25) is 15.2 Å². The lowest BCUT2D eigenvalue weighted by Crippen LogP contribution is -2.44. The number of hydrogen-bond acceptors (Lipinski definition) is 3. The van der Waals surface area contributed by atoms with Crippen LogP contribution in [0.25, 0.3) is 0 Å². The third kappa shape index (κ3) is 3.98. The van der Waals surface area contributed by atoms with E-state index in [2.05, 4.69) is 10.3 Å². The first kappa shape index (κ1) is 19.0. The normalized spacial score (nSPS) is 17.2. The average Bonchev–Trinajstić information content (AvgIpc) is 2.90. The molecule has 1 aliphatic heterocycles. The lowest BCUT2D eigenvalue weighted by atomic mass is 9.97. The molecule has 6 nitrogen and oxygen atoms in total. The van der Waals surface area contributed by atoms with E-state index in [1.165, 1.54) is 6.20 Å². The van der Waals surface area contributed by atoms with Crippen molar-refractivity contribution in [2.24, 2.45) is 13.0 Å². The van der Waals surface area contributed by atoms with E-state index in [4.69, 9.17) is 34.8 Å². The number of rotatable bonds is 3. The van der Waals surface area contributed by atoms with Gasteiger partial charge >= 0.3 is 0 Å². The standard InChI is InChI=1S/C17H17Cl3N4O2/c1-23-13(7-12(19)15(23)20)17(26)24-6-2-3-10(9-24)16(25)22-14-5-4-11(18)8-21-14/h4-5,7-8,10H,2-3,6,9H2,1H3,(H,21,22,25). The highest BCUT2D eigenvalue weighted by atomic mass is 35.5. The van der Waals surface area contributed by atoms with Crippen LogP contribution in [0.15, 0.2) is 24.4 Å². The highest BCUT2D eigenvalue weighted by Gasteiger charge is 2.30. The van der Waals surface area contributed by atoms with Gasteiger partial charge in [-0.25, -0.2) is 4.98 Å². The van der Waals surface area contributed by atoms with Gasteiger partial charge in [-0.3, -0.25) is 9.59 Å². The fraction of sp³-hybridized carbons (Fsp3) is 0.353. The number of anilines is 1. The molecule has 1 N–H and O–H groups in total. The van der Waals surface area contributed by atoms with Gasteiger partial charge in [0.2, 0.25) is 5.91 Å². The van der Waals surface area contributed by atoms with E-state index in [9.17, 15) is 9.59 Å². The fourth-order valence-electron chi connectivity index (χ4n) is 2.96. The molecule has 3 heterocycles. The van der Waals surface area contributed by atoms with Crippen LogP contribution < -0.4 is 5.32 Å². The molecule has 0 bridgehead atoms. The number of carbonyl (C=O) groups is 2. The predicted molar refractivity (Wildman–Crippen MR) is 102 cm³/mol. The van der Waals surface area contributed by atoms with Crippen LogP contribution in [-0.2, 0) is 11.8 Å². The Kier molecular flexibility index (Phi) is 5.75. The van der Waals surface area contributed by atoms with Crippen LogP contribution in [0.3, 0.4) is 0 Å². The molecule has 26 heavy (non-hydrogen) atoms. The molecule has 1 unspecified atom stereocenters. The quantitative estimate of drug-likeness (QED) is 0.827. The molecule has 1 atom stereocenters. The van der Waals surface area contributed by atoms with Crippen LogP contribution in [0.4, 0.5) is 5.82 Å². The maximum Gasteiger partial charge on any atom is 0.270 e. The Morgan fingerprint density at radius 2 is 2.04 bits per heavy atom. The van der Waals surface area contributed by atoms with Gasteiger partial charge in [0, 0.05) is 26.3 Å². The van der Waals surface area contributed by atoms with Crippen molar-refractivity contribution in [3.05, 3.63) is 45.3 Å². The van der Waals surface area contributed by atoms with Crippen LogP contribution in [0.5, 0.6) is 0 Å². The summed E-state index contributed by atoms with van der Waals surface area (Å²) in [6.07, 6.45) is 2.92. The van der Waals surface area contributed by atoms with Crippen molar-refractivity contribution in [2.75, 3.05) is 18.4 Å². The number of halogens is 3. The molecule has 0 saturated carbocycles. The maximum atomic E-state index is 12.8. The summed E-state index contributed by atoms with van der Waals surface area (Å²) >= 11 is 17.8. The number of piperidine rings is 1. The highest BCUT2D eigenvalue weighted by Crippen LogP contribution is 2.27. The number of aromatic nitrogens is 2. The zero-order valence-electron chi connectivity index (χ0n) is 14.0. The van der Waals surface area contributed by atoms with Gasteiger partial charge in [0.05, 0.1) is 16.0 Å². The molecule has 0 radical (unpaired) electrons. The van der Waals surface area contributed by atoms with E-state index in [0.717, 1.165) is 6.42 Å². The predicted octanol–water partition coefficient (Wildman–Crippen LogP) is 3.87. The highest BCUT2D eigenvalue weighted by molar-refractivity contribution is 6.41. The second-order valence-corrected chi connectivity index (χ2v) is 7.37. The summed E-state index contributed by atoms with van der Waals surface area (Å²) in [7, 11) is 1.68. The fourth-order valence-corrected chi connectivity index (χ4v) is 3.45. The lowest BCUT2D eigenvalue weighted by Gasteiger charge is -2.32. The van der Waals surface area contributed by atoms with E-state index in [0.29, 0.717) is 46.2 Å². The molecule has 138 valence electrons. The second kappa shape index (κ2) is 7.86. The minimum absolute atomic E-state index is 0.166. The van der Waals surface area contributed by atoms with E-state index in [-0.39, 0.29) is 17.7 Å². The molecule has 0 spiro atoms. The van der Waals surface area contributed by atoms with Crippen molar-refractivity contribution >= 4 is 52.4 Å². The summed E-state index contributed by atoms with van der Waals surface area (Å²) in [6.45, 7) is 0.918. The summed E-state index contributed by atoms with van der Waals surface area (Å²) in [5.41, 5.74) is 0.403. The Balaban J connectivity index is 1.68. The molecule has 1 aliphatic rings. The van der Waals surface area contributed by atoms with Gasteiger partial charge in [-0.15, -0.1) is 0 Å². The van der Waals surface area contributed by atoms with Crippen molar-refractivity contribution in [2.45, 2.75) is 12.8 Å². The molecule has 1 saturated heterocycles. The first-order valence-electron chi connectivity index (χ1n) is 8.09. The summed E-state index contributed by atoms with van der Waals surface area (Å²) in [4.78, 5) is 31.0. The SMILES string of the molecule is Cn1c(C(=O)N2CCCC(C(=O)Nc3ccc(Cl)cn3)C2)cc(Cl)c1Cl. The van der Waals surface area contributed by atoms with Gasteiger partial charge in [0.25, 0.3) is 5.91 Å². The Morgan fingerprint density at radius 3 is 2.65 bits per heavy atom. The van der Waals surface area contributed by atoms with Crippen LogP contribution in [0, 0.1) is 5.92 Å². The average molecular weight is 416 g/mol. The zero-order valence-corrected chi connectivity index (χ0v) is 16.3. The molecule has 0 aromatic carbocycles. The van der Waals surface area contributed by atoms with Crippen LogP contribution in [0.1, 0.15) is 23.3 Å². The Morgan fingerprint density at radius 1 is 1.27 bits per heavy atom. The van der Waals surface area contributed by atoms with Gasteiger partial charge in [-0.2, -0.15) is 0 Å². The summed E-state index contributed by atoms with van der Waals surface area (Å²) in [5, 5.41) is 3.91. The monoisotopic (exact) mass is 414 g/mol. The third-order valence-electron chi connectivity index (χ3n) is 4.39. The first-order valence-corrected chi connectivity index (χ1v) is 9.22. The van der Waals surface area contributed by atoms with Crippen LogP contribution in [-0.4, -0.2) is 39.4 Å². The van der Waals surface area contributed by atoms with Gasteiger partial charge < -0.3 is 14.8 Å². The largest absolute Gasteiger partial charge is 0.337 e. The first-order chi connectivity index (χ1) is 12.4. The minimum Gasteiger partial charge on any atom is -0.337 e. The smallest absolute Gasteiger partial charge is 0.270 e. The third-order valence-corrected chi connectivity index (χ3v) is 5.46. The molecule has 2 amide bonds. The summed E-state index contributed by atoms with van der Waals surface area (Å²) in [6, 6.07) is 4.84. The van der Waals surface area contributed by atoms with Crippen molar-refractivity contribution in [3.63, 3.8) is 0 Å². The number of hydrogen-bond donors (Lipinski definition) is 1. The minimum atomic E-state index is -0.309. The summed E-state index contributed by atoms with van der Waals surface area (Å²) < 4.78 is 1.55. The number of likely N-dealkylation sites (tertiary alicyclic amines) is 1. The molecular weight excluding hydrogens is 399 g/mol. The maximum absolute atomic E-state index is 12.8. The van der Waals surface area contributed by atoms with Crippen molar-refractivity contribution in [3.8, 4) is 0 Å². The topological polar surface area (TPSA) is 67.2 Å². The van der Waals surface area contributed by atoms with Gasteiger partial charge in [-0.05, 0) is 31.0 Å². The summed E-state index contributed by atoms with van der Waals surface area (Å²) in [5.74, 6) is -0.232. The number of carbonyl (C=O) groups excluding carboxylic acids is 2. The van der Waals surface area contributed by atoms with Gasteiger partial charge in [-0.1, -0.05) is 34.8 Å². The number of nitrogens with one attached hydrogen (secondary N) is 1. The second-order valence-electron chi connectivity index (χ2n) is 6.17. The van der Waals surface area contributed by atoms with Gasteiger partial charge in [0.15, 0.2) is 0 Å². The zero-order chi connectivity index (χ0) is 18.8.